The smallest absolute Gasteiger partial charge is 0.131 e. The predicted octanol–water partition coefficient (Wildman–Crippen LogP) is 8.20. The molecule has 5 rings (SSSR count). The first-order valence-electron chi connectivity index (χ1n) is 10.6. The Morgan fingerprint density at radius 3 is 1.79 bits per heavy atom. The minimum atomic E-state index is 0.382. The van der Waals surface area contributed by atoms with Crippen molar-refractivity contribution >= 4 is 21.5 Å². The van der Waals surface area contributed by atoms with Gasteiger partial charge in [0.2, 0.25) is 0 Å². The van der Waals surface area contributed by atoms with Gasteiger partial charge in [-0.1, -0.05) is 93.3 Å². The first-order valence-corrected chi connectivity index (χ1v) is 10.6. The summed E-state index contributed by atoms with van der Waals surface area (Å²) < 4.78 is 6.45. The van der Waals surface area contributed by atoms with Crippen LogP contribution in [0.4, 0.5) is 0 Å². The van der Waals surface area contributed by atoms with Crippen molar-refractivity contribution in [2.24, 2.45) is 0 Å². The zero-order chi connectivity index (χ0) is 18.9. The monoisotopic (exact) mass is 366 g/mol. The molecule has 0 saturated heterocycles. The third-order valence-corrected chi connectivity index (χ3v) is 6.12. The Balaban J connectivity index is 1.72. The largest absolute Gasteiger partial charge is 0.457 e. The minimum Gasteiger partial charge on any atom is -0.457 e. The number of unbranched alkanes of at least 4 members (excludes halogenated alkanes) is 3. The van der Waals surface area contributed by atoms with E-state index in [-0.39, 0.29) is 0 Å². The van der Waals surface area contributed by atoms with Crippen molar-refractivity contribution in [3.63, 3.8) is 0 Å². The Morgan fingerprint density at radius 1 is 0.643 bits per heavy atom. The number of ether oxygens (including phenoxy) is 1. The van der Waals surface area contributed by atoms with E-state index < -0.39 is 0 Å². The maximum absolute atomic E-state index is 6.45. The standard InChI is InChI=1S/C27H26O/c1-2-3-4-5-14-23-26-21-12-8-6-10-19(21)15-17-24(26)28-25-18-16-20-11-7-9-13-22(20)27(23)25/h6-13,15-18,23H,2-5,14H2,1H3. The van der Waals surface area contributed by atoms with E-state index in [1.165, 1.54) is 64.8 Å². The third-order valence-electron chi connectivity index (χ3n) is 6.12. The summed E-state index contributed by atoms with van der Waals surface area (Å²) in [6, 6.07) is 26.2. The van der Waals surface area contributed by atoms with Gasteiger partial charge in [-0.2, -0.15) is 0 Å². The molecular formula is C27H26O. The first-order chi connectivity index (χ1) is 13.9. The normalized spacial score (nSPS) is 13.3. The van der Waals surface area contributed by atoms with Crippen molar-refractivity contribution in [3.8, 4) is 11.5 Å². The Kier molecular flexibility index (Phi) is 4.52. The fraction of sp³-hybridized carbons (Fsp3) is 0.259. The van der Waals surface area contributed by atoms with Gasteiger partial charge in [-0.25, -0.2) is 0 Å². The highest BCUT2D eigenvalue weighted by atomic mass is 16.5. The third kappa shape index (κ3) is 2.86. The van der Waals surface area contributed by atoms with E-state index in [1.54, 1.807) is 0 Å². The van der Waals surface area contributed by atoms with Crippen LogP contribution in [0.15, 0.2) is 72.8 Å². The number of fused-ring (bicyclic) bond motifs is 6. The zero-order valence-corrected chi connectivity index (χ0v) is 16.4. The van der Waals surface area contributed by atoms with Crippen LogP contribution in [-0.2, 0) is 0 Å². The summed E-state index contributed by atoms with van der Waals surface area (Å²) in [7, 11) is 0. The molecule has 1 aliphatic heterocycles. The fourth-order valence-electron chi connectivity index (χ4n) is 4.77. The second-order valence-corrected chi connectivity index (χ2v) is 7.90. The second kappa shape index (κ2) is 7.31. The van der Waals surface area contributed by atoms with Crippen LogP contribution in [0.3, 0.4) is 0 Å². The van der Waals surface area contributed by atoms with Gasteiger partial charge in [0.05, 0.1) is 0 Å². The molecule has 140 valence electrons. The van der Waals surface area contributed by atoms with Crippen LogP contribution in [0.2, 0.25) is 0 Å². The number of hydrogen-bond acceptors (Lipinski definition) is 1. The van der Waals surface area contributed by atoms with Crippen LogP contribution in [-0.4, -0.2) is 0 Å². The SMILES string of the molecule is CCCCCCC1c2c(ccc3ccccc23)Oc2ccc3ccccc3c21. The molecule has 0 amide bonds. The van der Waals surface area contributed by atoms with Crippen molar-refractivity contribution in [2.75, 3.05) is 0 Å². The number of rotatable bonds is 5. The molecule has 0 fully saturated rings. The van der Waals surface area contributed by atoms with Gasteiger partial charge in [0.25, 0.3) is 0 Å². The lowest BCUT2D eigenvalue weighted by Gasteiger charge is -2.31. The van der Waals surface area contributed by atoms with Crippen molar-refractivity contribution in [2.45, 2.75) is 44.9 Å². The van der Waals surface area contributed by atoms with E-state index in [1.807, 2.05) is 0 Å². The average Bonchev–Trinajstić information content (AvgIpc) is 2.75. The van der Waals surface area contributed by atoms with E-state index in [4.69, 9.17) is 4.74 Å². The fourth-order valence-corrected chi connectivity index (χ4v) is 4.77. The summed E-state index contributed by atoms with van der Waals surface area (Å²) in [5.41, 5.74) is 2.75. The zero-order valence-electron chi connectivity index (χ0n) is 16.4. The van der Waals surface area contributed by atoms with Crippen molar-refractivity contribution in [3.05, 3.63) is 83.9 Å². The van der Waals surface area contributed by atoms with Crippen LogP contribution in [0.5, 0.6) is 11.5 Å². The lowest BCUT2D eigenvalue weighted by atomic mass is 9.79. The van der Waals surface area contributed by atoms with Crippen molar-refractivity contribution in [1.29, 1.82) is 0 Å². The summed E-state index contributed by atoms with van der Waals surface area (Å²) in [6.07, 6.45) is 6.31. The van der Waals surface area contributed by atoms with Crippen LogP contribution in [0.1, 0.15) is 56.1 Å². The van der Waals surface area contributed by atoms with Crippen LogP contribution < -0.4 is 4.74 Å². The highest BCUT2D eigenvalue weighted by Gasteiger charge is 2.30. The van der Waals surface area contributed by atoms with Gasteiger partial charge >= 0.3 is 0 Å². The summed E-state index contributed by atoms with van der Waals surface area (Å²) in [6.45, 7) is 2.28. The van der Waals surface area contributed by atoms with E-state index in [2.05, 4.69) is 79.7 Å². The Labute approximate surface area is 167 Å². The molecule has 0 saturated carbocycles. The molecule has 0 spiro atoms. The lowest BCUT2D eigenvalue weighted by molar-refractivity contribution is 0.440. The van der Waals surface area contributed by atoms with Gasteiger partial charge in [0.15, 0.2) is 0 Å². The Morgan fingerprint density at radius 2 is 1.21 bits per heavy atom. The summed E-state index contributed by atoms with van der Waals surface area (Å²) in [5.74, 6) is 2.44. The molecule has 1 heterocycles. The van der Waals surface area contributed by atoms with Gasteiger partial charge in [-0.3, -0.25) is 0 Å². The van der Waals surface area contributed by atoms with Gasteiger partial charge in [0.1, 0.15) is 11.5 Å². The van der Waals surface area contributed by atoms with E-state index in [0.717, 1.165) is 11.5 Å². The Hall–Kier alpha value is -2.80. The summed E-state index contributed by atoms with van der Waals surface area (Å²) in [4.78, 5) is 0. The molecule has 0 bridgehead atoms. The van der Waals surface area contributed by atoms with Gasteiger partial charge in [0, 0.05) is 17.0 Å². The van der Waals surface area contributed by atoms with Gasteiger partial charge < -0.3 is 4.74 Å². The van der Waals surface area contributed by atoms with Crippen LogP contribution in [0.25, 0.3) is 21.5 Å². The molecular weight excluding hydrogens is 340 g/mol. The summed E-state index contributed by atoms with van der Waals surface area (Å²) in [5, 5.41) is 5.26. The van der Waals surface area contributed by atoms with E-state index in [0.29, 0.717) is 5.92 Å². The highest BCUT2D eigenvalue weighted by Crippen LogP contribution is 2.51. The van der Waals surface area contributed by atoms with Crippen LogP contribution >= 0.6 is 0 Å². The van der Waals surface area contributed by atoms with Crippen molar-refractivity contribution in [1.82, 2.24) is 0 Å². The molecule has 1 aliphatic rings. The molecule has 0 aliphatic carbocycles. The maximum atomic E-state index is 6.45. The minimum absolute atomic E-state index is 0.382. The molecule has 0 atom stereocenters. The Bertz CT molecular complexity index is 1060. The average molecular weight is 367 g/mol. The molecule has 0 radical (unpaired) electrons. The molecule has 0 unspecified atom stereocenters. The van der Waals surface area contributed by atoms with Crippen molar-refractivity contribution < 1.29 is 4.74 Å². The highest BCUT2D eigenvalue weighted by molar-refractivity contribution is 5.94. The quantitative estimate of drug-likeness (QED) is 0.323. The topological polar surface area (TPSA) is 9.23 Å². The maximum Gasteiger partial charge on any atom is 0.131 e. The van der Waals surface area contributed by atoms with Gasteiger partial charge in [-0.05, 0) is 40.1 Å². The molecule has 1 heteroatoms. The summed E-state index contributed by atoms with van der Waals surface area (Å²) >= 11 is 0. The second-order valence-electron chi connectivity index (χ2n) is 7.90. The number of benzene rings is 4. The first kappa shape index (κ1) is 17.3. The molecule has 28 heavy (non-hydrogen) atoms. The van der Waals surface area contributed by atoms with Crippen LogP contribution in [0, 0.1) is 0 Å². The molecule has 4 aromatic rings. The lowest BCUT2D eigenvalue weighted by Crippen LogP contribution is -2.12. The molecule has 0 aromatic heterocycles. The molecule has 1 nitrogen and oxygen atoms in total. The predicted molar refractivity (Wildman–Crippen MR) is 119 cm³/mol. The van der Waals surface area contributed by atoms with Gasteiger partial charge in [-0.15, -0.1) is 0 Å². The molecule has 4 aromatic carbocycles. The van der Waals surface area contributed by atoms with E-state index >= 15 is 0 Å². The van der Waals surface area contributed by atoms with E-state index in [9.17, 15) is 0 Å². The molecule has 0 N–H and O–H groups in total. The number of hydrogen-bond donors (Lipinski definition) is 0.